The van der Waals surface area contributed by atoms with Crippen LogP contribution in [0.25, 0.3) is 0 Å². The molecule has 0 saturated carbocycles. The van der Waals surface area contributed by atoms with Gasteiger partial charge in [-0.3, -0.25) is 10.1 Å². The summed E-state index contributed by atoms with van der Waals surface area (Å²) in [6.07, 6.45) is 2.76. The van der Waals surface area contributed by atoms with Crippen molar-refractivity contribution in [2.75, 3.05) is 13.7 Å². The van der Waals surface area contributed by atoms with Crippen LogP contribution < -0.4 is 5.32 Å². The van der Waals surface area contributed by atoms with Gasteiger partial charge < -0.3 is 15.0 Å². The molecule has 0 saturated heterocycles. The Bertz CT molecular complexity index is 727. The van der Waals surface area contributed by atoms with Crippen LogP contribution in [-0.4, -0.2) is 35.5 Å². The summed E-state index contributed by atoms with van der Waals surface area (Å²) >= 11 is 0. The minimum absolute atomic E-state index is 0.0580. The van der Waals surface area contributed by atoms with Crippen molar-refractivity contribution in [3.05, 3.63) is 51.2 Å². The van der Waals surface area contributed by atoms with E-state index in [-0.39, 0.29) is 11.7 Å². The van der Waals surface area contributed by atoms with Gasteiger partial charge >= 0.3 is 12.0 Å². The van der Waals surface area contributed by atoms with Crippen molar-refractivity contribution < 1.29 is 19.2 Å². The molecule has 0 spiro atoms. The molecule has 0 radical (unpaired) electrons. The van der Waals surface area contributed by atoms with Crippen molar-refractivity contribution in [1.82, 2.24) is 10.2 Å². The van der Waals surface area contributed by atoms with E-state index in [2.05, 4.69) is 12.2 Å². The quantitative estimate of drug-likeness (QED) is 0.347. The maximum atomic E-state index is 12.6. The lowest BCUT2D eigenvalue weighted by atomic mass is 9.95. The third-order valence-corrected chi connectivity index (χ3v) is 4.39. The maximum absolute atomic E-state index is 12.6. The minimum Gasteiger partial charge on any atom is -0.462 e. The molecule has 2 rings (SSSR count). The van der Waals surface area contributed by atoms with Crippen molar-refractivity contribution in [3.8, 4) is 0 Å². The Morgan fingerprint density at radius 1 is 1.31 bits per heavy atom. The molecule has 2 amide bonds. The van der Waals surface area contributed by atoms with Gasteiger partial charge in [-0.25, -0.2) is 9.59 Å². The molecule has 0 unspecified atom stereocenters. The second-order valence-corrected chi connectivity index (χ2v) is 6.13. The molecule has 1 heterocycles. The summed E-state index contributed by atoms with van der Waals surface area (Å²) in [7, 11) is 1.57. The van der Waals surface area contributed by atoms with Gasteiger partial charge in [0.2, 0.25) is 0 Å². The van der Waals surface area contributed by atoms with Gasteiger partial charge in [0.1, 0.15) is 0 Å². The highest BCUT2D eigenvalue weighted by atomic mass is 16.6. The number of rotatable bonds is 7. The summed E-state index contributed by atoms with van der Waals surface area (Å²) in [4.78, 5) is 36.4. The second-order valence-electron chi connectivity index (χ2n) is 6.13. The van der Waals surface area contributed by atoms with E-state index in [1.807, 2.05) is 0 Å². The summed E-state index contributed by atoms with van der Waals surface area (Å²) in [6.45, 7) is 4.05. The number of benzene rings is 1. The van der Waals surface area contributed by atoms with E-state index in [4.69, 9.17) is 4.74 Å². The summed E-state index contributed by atoms with van der Waals surface area (Å²) in [6, 6.07) is 4.70. The number of non-ortho nitro benzene ring substituents is 1. The molecule has 8 heteroatoms. The normalized spacial score (nSPS) is 17.1. The third-order valence-electron chi connectivity index (χ3n) is 4.39. The molecule has 26 heavy (non-hydrogen) atoms. The molecule has 1 aromatic carbocycles. The first-order chi connectivity index (χ1) is 12.4. The number of carbonyl (C=O) groups is 2. The van der Waals surface area contributed by atoms with E-state index in [0.717, 1.165) is 19.3 Å². The highest BCUT2D eigenvalue weighted by molar-refractivity contribution is 5.95. The highest BCUT2D eigenvalue weighted by Crippen LogP contribution is 2.31. The molecule has 1 aromatic rings. The first-order valence-electron chi connectivity index (χ1n) is 8.53. The number of unbranched alkanes of at least 4 members (excludes halogenated alkanes) is 2. The van der Waals surface area contributed by atoms with Crippen molar-refractivity contribution in [3.63, 3.8) is 0 Å². The van der Waals surface area contributed by atoms with Crippen LogP contribution in [0, 0.1) is 10.1 Å². The number of hydrogen-bond donors (Lipinski definition) is 1. The number of nitrogens with zero attached hydrogens (tertiary/aromatic N) is 2. The number of nitrogens with one attached hydrogen (secondary N) is 1. The monoisotopic (exact) mass is 361 g/mol. The Morgan fingerprint density at radius 3 is 2.54 bits per heavy atom. The van der Waals surface area contributed by atoms with Crippen LogP contribution in [0.15, 0.2) is 35.5 Å². The Balaban J connectivity index is 2.30. The van der Waals surface area contributed by atoms with Crippen molar-refractivity contribution in [1.29, 1.82) is 0 Å². The molecule has 8 nitrogen and oxygen atoms in total. The molecule has 1 aliphatic heterocycles. The molecule has 0 bridgehead atoms. The fraction of sp³-hybridized carbons (Fsp3) is 0.444. The lowest BCUT2D eigenvalue weighted by Gasteiger charge is -2.33. The molecular weight excluding hydrogens is 338 g/mol. The molecule has 0 aliphatic carbocycles. The predicted molar refractivity (Wildman–Crippen MR) is 95.3 cm³/mol. The zero-order valence-corrected chi connectivity index (χ0v) is 15.2. The van der Waals surface area contributed by atoms with Gasteiger partial charge in [-0.05, 0) is 31.0 Å². The summed E-state index contributed by atoms with van der Waals surface area (Å²) in [5.41, 5.74) is 1.35. The molecule has 140 valence electrons. The van der Waals surface area contributed by atoms with E-state index < -0.39 is 16.9 Å². The van der Waals surface area contributed by atoms with E-state index in [9.17, 15) is 19.7 Å². The van der Waals surface area contributed by atoms with Crippen LogP contribution in [-0.2, 0) is 9.53 Å². The molecule has 0 aromatic heterocycles. The summed E-state index contributed by atoms with van der Waals surface area (Å²) < 4.78 is 5.37. The Labute approximate surface area is 152 Å². The number of ether oxygens (including phenoxy) is 1. The smallest absolute Gasteiger partial charge is 0.338 e. The minimum atomic E-state index is -0.710. The Morgan fingerprint density at radius 2 is 1.96 bits per heavy atom. The number of nitro groups is 1. The van der Waals surface area contributed by atoms with Crippen molar-refractivity contribution >= 4 is 17.7 Å². The topological polar surface area (TPSA) is 102 Å². The number of hydrogen-bond acceptors (Lipinski definition) is 5. The van der Waals surface area contributed by atoms with Crippen molar-refractivity contribution in [2.24, 2.45) is 0 Å². The van der Waals surface area contributed by atoms with Crippen LogP contribution in [0.5, 0.6) is 0 Å². The molecule has 1 N–H and O–H groups in total. The van der Waals surface area contributed by atoms with Crippen LogP contribution in [0.1, 0.15) is 44.7 Å². The van der Waals surface area contributed by atoms with Crippen LogP contribution >= 0.6 is 0 Å². The highest BCUT2D eigenvalue weighted by Gasteiger charge is 2.35. The maximum Gasteiger partial charge on any atom is 0.338 e. The Hall–Kier alpha value is -2.90. The van der Waals surface area contributed by atoms with Gasteiger partial charge in [0.05, 0.1) is 23.1 Å². The van der Waals surface area contributed by atoms with E-state index in [0.29, 0.717) is 23.4 Å². The predicted octanol–water partition coefficient (Wildman–Crippen LogP) is 3.30. The van der Waals surface area contributed by atoms with E-state index in [1.165, 1.54) is 29.2 Å². The lowest BCUT2D eigenvalue weighted by Crippen LogP contribution is -2.46. The van der Waals surface area contributed by atoms with Crippen LogP contribution in [0.2, 0.25) is 0 Å². The van der Waals surface area contributed by atoms with Gasteiger partial charge in [0.25, 0.3) is 5.69 Å². The third kappa shape index (κ3) is 4.19. The number of amides is 2. The number of nitro benzene ring substituents is 1. The first kappa shape index (κ1) is 19.4. The molecule has 1 aliphatic rings. The van der Waals surface area contributed by atoms with Gasteiger partial charge in [-0.1, -0.05) is 19.8 Å². The second kappa shape index (κ2) is 8.46. The van der Waals surface area contributed by atoms with Gasteiger partial charge in [0.15, 0.2) is 0 Å². The zero-order valence-electron chi connectivity index (χ0n) is 15.2. The summed E-state index contributed by atoms with van der Waals surface area (Å²) in [5, 5.41) is 13.6. The average molecular weight is 361 g/mol. The van der Waals surface area contributed by atoms with Gasteiger partial charge in [0, 0.05) is 24.9 Å². The van der Waals surface area contributed by atoms with Crippen molar-refractivity contribution in [2.45, 2.75) is 39.2 Å². The molecular formula is C18H23N3O5. The number of esters is 1. The van der Waals surface area contributed by atoms with E-state index in [1.54, 1.807) is 14.0 Å². The Kier molecular flexibility index (Phi) is 6.32. The summed E-state index contributed by atoms with van der Waals surface area (Å²) in [5.74, 6) is -0.492. The lowest BCUT2D eigenvalue weighted by molar-refractivity contribution is -0.384. The SMILES string of the molecule is CCCCCOC(=O)C1=C(C)N(C)C(=O)N[C@@H]1c1ccc([N+](=O)[O-])cc1. The van der Waals surface area contributed by atoms with Crippen LogP contribution in [0.4, 0.5) is 10.5 Å². The van der Waals surface area contributed by atoms with E-state index >= 15 is 0 Å². The largest absolute Gasteiger partial charge is 0.462 e. The molecule has 0 fully saturated rings. The fourth-order valence-electron chi connectivity index (χ4n) is 2.73. The first-order valence-corrected chi connectivity index (χ1v) is 8.53. The standard InChI is InChI=1S/C18H23N3O5/c1-4-5-6-11-26-17(22)15-12(2)20(3)18(23)19-16(15)13-7-9-14(10-8-13)21(24)25/h7-10,16H,4-6,11H2,1-3H3,(H,19,23)/t16-/m1/s1. The van der Waals surface area contributed by atoms with Gasteiger partial charge in [-0.2, -0.15) is 0 Å². The fourth-order valence-corrected chi connectivity index (χ4v) is 2.73. The average Bonchev–Trinajstić information content (AvgIpc) is 2.63. The molecule has 1 atom stereocenters. The van der Waals surface area contributed by atoms with Crippen LogP contribution in [0.3, 0.4) is 0 Å². The zero-order chi connectivity index (χ0) is 19.3. The number of carbonyl (C=O) groups excluding carboxylic acids is 2. The van der Waals surface area contributed by atoms with Gasteiger partial charge in [-0.15, -0.1) is 0 Å². The number of urea groups is 1. The number of allylic oxidation sites excluding steroid dienone is 1.